The number of hydrogen-bond donors (Lipinski definition) is 3. The highest BCUT2D eigenvalue weighted by molar-refractivity contribution is 7.87. The van der Waals surface area contributed by atoms with Crippen LogP contribution >= 0.6 is 11.6 Å². The maximum atomic E-state index is 13.9. The zero-order chi connectivity index (χ0) is 34.4. The third-order valence-electron chi connectivity index (χ3n) is 9.83. The van der Waals surface area contributed by atoms with Crippen molar-refractivity contribution >= 4 is 45.6 Å². The fraction of sp³-hybridized carbons (Fsp3) is 0.613. The molecule has 2 saturated heterocycles. The minimum atomic E-state index is -4.63. The number of alkyl halides is 2. The van der Waals surface area contributed by atoms with E-state index in [4.69, 9.17) is 22.1 Å². The first kappa shape index (κ1) is 34.5. The Morgan fingerprint density at radius 1 is 1.15 bits per heavy atom. The lowest BCUT2D eigenvalue weighted by atomic mass is 10.1. The van der Waals surface area contributed by atoms with Crippen molar-refractivity contribution in [1.29, 1.82) is 0 Å². The lowest BCUT2D eigenvalue weighted by Crippen LogP contribution is -2.58. The number of carbonyl (C=O) groups is 4. The molecule has 4 N–H and O–H groups in total. The van der Waals surface area contributed by atoms with E-state index >= 15 is 0 Å². The van der Waals surface area contributed by atoms with Crippen LogP contribution in [0.4, 0.5) is 13.6 Å². The van der Waals surface area contributed by atoms with Gasteiger partial charge in [-0.3, -0.25) is 19.3 Å². The molecule has 262 valence electrons. The number of halogens is 3. The van der Waals surface area contributed by atoms with Crippen LogP contribution in [0.2, 0.25) is 5.02 Å². The number of rotatable bonds is 4. The first-order valence-electron chi connectivity index (χ1n) is 16.2. The Morgan fingerprint density at radius 2 is 1.94 bits per heavy atom. The Hall–Kier alpha value is -3.34. The molecule has 6 rings (SSSR count). The number of hydrogen-bond acceptors (Lipinski definition) is 8. The van der Waals surface area contributed by atoms with Crippen molar-refractivity contribution in [2.24, 2.45) is 11.7 Å². The molecule has 1 aromatic carbocycles. The fourth-order valence-electron chi connectivity index (χ4n) is 6.97. The van der Waals surface area contributed by atoms with E-state index in [-0.39, 0.29) is 32.5 Å². The van der Waals surface area contributed by atoms with Gasteiger partial charge in [0.05, 0.1) is 25.7 Å². The smallest absolute Gasteiger partial charge is 0.410 e. The van der Waals surface area contributed by atoms with Crippen molar-refractivity contribution in [3.63, 3.8) is 0 Å². The number of fused-ring (bicyclic) bond motifs is 3. The Bertz CT molecular complexity index is 1630. The molecule has 13 nitrogen and oxygen atoms in total. The molecular weight excluding hydrogens is 674 g/mol. The highest BCUT2D eigenvalue weighted by atomic mass is 35.5. The predicted molar refractivity (Wildman–Crippen MR) is 168 cm³/mol. The van der Waals surface area contributed by atoms with Gasteiger partial charge in [-0.25, -0.2) is 18.3 Å². The minimum absolute atomic E-state index is 0.0590. The van der Waals surface area contributed by atoms with E-state index in [1.807, 2.05) is 16.9 Å². The van der Waals surface area contributed by atoms with Crippen LogP contribution in [0.3, 0.4) is 0 Å². The highest BCUT2D eigenvalue weighted by Gasteiger charge is 2.62. The van der Waals surface area contributed by atoms with Gasteiger partial charge < -0.3 is 20.7 Å². The van der Waals surface area contributed by atoms with Crippen molar-refractivity contribution in [1.82, 2.24) is 24.1 Å². The molecule has 4 heterocycles. The summed E-state index contributed by atoms with van der Waals surface area (Å²) in [5.74, 6) is -6.12. The number of nitrogens with one attached hydrogen (secondary N) is 2. The number of allylic oxidation sites excluding steroid dienone is 1. The van der Waals surface area contributed by atoms with Gasteiger partial charge in [0.2, 0.25) is 11.8 Å². The quantitative estimate of drug-likeness (QED) is 0.399. The average Bonchev–Trinajstić information content (AvgIpc) is 3.36. The summed E-state index contributed by atoms with van der Waals surface area (Å²) < 4.78 is 61.6. The molecule has 1 aromatic rings. The predicted octanol–water partition coefficient (Wildman–Crippen LogP) is 2.19. The van der Waals surface area contributed by atoms with Gasteiger partial charge in [0, 0.05) is 36.9 Å². The Kier molecular flexibility index (Phi) is 9.47. The lowest BCUT2D eigenvalue weighted by molar-refractivity contribution is -0.140. The van der Waals surface area contributed by atoms with Crippen LogP contribution in [0.1, 0.15) is 62.5 Å². The van der Waals surface area contributed by atoms with Gasteiger partial charge in [-0.2, -0.15) is 12.7 Å². The van der Waals surface area contributed by atoms with Gasteiger partial charge in [0.1, 0.15) is 17.7 Å². The number of nitrogens with zero attached hydrogens (tertiary/aromatic N) is 3. The van der Waals surface area contributed by atoms with E-state index in [0.29, 0.717) is 28.6 Å². The summed E-state index contributed by atoms with van der Waals surface area (Å²) in [6.45, 7) is -1.12. The summed E-state index contributed by atoms with van der Waals surface area (Å²) in [6.07, 6.45) is 4.64. The summed E-state index contributed by atoms with van der Waals surface area (Å²) in [5.41, 5.74) is 6.27. The van der Waals surface area contributed by atoms with E-state index in [0.717, 1.165) is 24.0 Å². The lowest BCUT2D eigenvalue weighted by Gasteiger charge is -2.28. The van der Waals surface area contributed by atoms with Gasteiger partial charge in [0.25, 0.3) is 11.8 Å². The van der Waals surface area contributed by atoms with Gasteiger partial charge >= 0.3 is 16.3 Å². The summed E-state index contributed by atoms with van der Waals surface area (Å²) >= 11 is 6.30. The average molecular weight is 713 g/mol. The zero-order valence-electron chi connectivity index (χ0n) is 26.2. The van der Waals surface area contributed by atoms with Crippen molar-refractivity contribution < 1.29 is 41.1 Å². The molecule has 0 radical (unpaired) electrons. The largest absolute Gasteiger partial charge is 0.444 e. The van der Waals surface area contributed by atoms with Crippen molar-refractivity contribution in [3.05, 3.63) is 46.5 Å². The van der Waals surface area contributed by atoms with Crippen LogP contribution in [0.5, 0.6) is 0 Å². The molecule has 3 fully saturated rings. The second kappa shape index (κ2) is 13.2. The molecule has 1 aliphatic carbocycles. The van der Waals surface area contributed by atoms with Crippen LogP contribution in [0, 0.1) is 5.92 Å². The Morgan fingerprint density at radius 3 is 2.67 bits per heavy atom. The Balaban J connectivity index is 1.20. The van der Waals surface area contributed by atoms with Crippen LogP contribution in [0.15, 0.2) is 30.4 Å². The van der Waals surface area contributed by atoms with Gasteiger partial charge in [0.15, 0.2) is 0 Å². The highest BCUT2D eigenvalue weighted by Crippen LogP contribution is 2.46. The third kappa shape index (κ3) is 7.03. The zero-order valence-corrected chi connectivity index (χ0v) is 27.8. The van der Waals surface area contributed by atoms with E-state index in [9.17, 15) is 36.4 Å². The number of ether oxygens (including phenoxy) is 1. The summed E-state index contributed by atoms with van der Waals surface area (Å²) in [5, 5.41) is 3.22. The first-order valence-corrected chi connectivity index (χ1v) is 18.0. The second-order valence-electron chi connectivity index (χ2n) is 13.3. The second-order valence-corrected chi connectivity index (χ2v) is 15.4. The van der Waals surface area contributed by atoms with Gasteiger partial charge in [-0.15, -0.1) is 0 Å². The molecule has 0 unspecified atom stereocenters. The molecule has 0 bridgehead atoms. The number of carbonyl (C=O) groups excluding carboxylic acids is 4. The number of benzene rings is 1. The van der Waals surface area contributed by atoms with E-state index in [1.165, 1.54) is 9.80 Å². The monoisotopic (exact) mass is 712 g/mol. The van der Waals surface area contributed by atoms with Crippen LogP contribution in [-0.4, -0.2) is 95.6 Å². The maximum Gasteiger partial charge on any atom is 0.410 e. The van der Waals surface area contributed by atoms with E-state index in [2.05, 4.69) is 5.32 Å². The van der Waals surface area contributed by atoms with Crippen molar-refractivity contribution in [3.8, 4) is 0 Å². The SMILES string of the molecule is N[C@H]1CCCCCC=C[C@@H]2C[C@@]2(C(=O)NS(=O)(=O)N2CCC(F)(F)C2)NC(=O)[C@@H]2C[C@@H](OC(=O)N3Cc4cccc(Cl)c4C3)CN2C1=O. The molecule has 4 amide bonds. The summed E-state index contributed by atoms with van der Waals surface area (Å²) in [4.78, 5) is 57.0. The molecule has 5 atom stereocenters. The maximum absolute atomic E-state index is 13.9. The molecule has 48 heavy (non-hydrogen) atoms. The molecule has 0 spiro atoms. The summed E-state index contributed by atoms with van der Waals surface area (Å²) in [7, 11) is -4.63. The standard InChI is InChI=1S/C31H39ClF2N6O7S/c32-23-9-6-7-19-15-38(17-22(19)23)29(44)47-21-13-25-26(41)36-31(28(43)37-48(45,46)39-12-11-30(33,34)18-39)14-20(31)8-4-2-1-3-5-10-24(35)27(42)40(25)16-21/h4,6-9,20-21,24-25H,1-3,5,10-18,35H2,(H,36,41)(H,37,43)/t20-,21-,24+,25+,31-/m1/s1. The third-order valence-corrected chi connectivity index (χ3v) is 11.6. The first-order chi connectivity index (χ1) is 22.7. The minimum Gasteiger partial charge on any atom is -0.444 e. The van der Waals surface area contributed by atoms with Crippen LogP contribution in [-0.2, 0) is 42.4 Å². The van der Waals surface area contributed by atoms with E-state index < -0.39 is 89.1 Å². The normalized spacial score (nSPS) is 30.8. The molecule has 5 aliphatic rings. The molecule has 0 aromatic heterocycles. The van der Waals surface area contributed by atoms with E-state index in [1.54, 1.807) is 18.2 Å². The van der Waals surface area contributed by atoms with Gasteiger partial charge in [-0.05, 0) is 42.9 Å². The summed E-state index contributed by atoms with van der Waals surface area (Å²) in [6, 6.07) is 3.29. The Labute approximate surface area is 282 Å². The number of amides is 4. The molecule has 1 saturated carbocycles. The van der Waals surface area contributed by atoms with Crippen molar-refractivity contribution in [2.75, 3.05) is 19.6 Å². The van der Waals surface area contributed by atoms with Crippen LogP contribution < -0.4 is 15.8 Å². The topological polar surface area (TPSA) is 171 Å². The molecule has 4 aliphatic heterocycles. The fourth-order valence-corrected chi connectivity index (χ4v) is 8.46. The molecule has 17 heteroatoms. The van der Waals surface area contributed by atoms with Gasteiger partial charge in [-0.1, -0.05) is 48.7 Å². The number of nitrogens with two attached hydrogens (primary N) is 1. The van der Waals surface area contributed by atoms with Crippen LogP contribution in [0.25, 0.3) is 0 Å². The molecular formula is C31H39ClF2N6O7S. The van der Waals surface area contributed by atoms with Crippen molar-refractivity contribution in [2.45, 2.75) is 94.1 Å².